The molecule has 152 valence electrons. The highest BCUT2D eigenvalue weighted by molar-refractivity contribution is 5.92. The second kappa shape index (κ2) is 7.14. The molecule has 0 radical (unpaired) electrons. The van der Waals surface area contributed by atoms with E-state index in [0.717, 1.165) is 31.2 Å². The molecule has 30 heavy (non-hydrogen) atoms. The van der Waals surface area contributed by atoms with Crippen molar-refractivity contribution in [1.82, 2.24) is 25.4 Å². The molecule has 2 aromatic heterocycles. The lowest BCUT2D eigenvalue weighted by Gasteiger charge is -2.19. The Hall–Kier alpha value is -3.39. The van der Waals surface area contributed by atoms with Crippen molar-refractivity contribution < 1.29 is 8.78 Å². The predicted octanol–water partition coefficient (Wildman–Crippen LogP) is 4.52. The molecule has 1 aliphatic rings. The molecule has 0 aliphatic heterocycles. The van der Waals surface area contributed by atoms with E-state index in [2.05, 4.69) is 25.4 Å². The lowest BCUT2D eigenvalue weighted by atomic mass is 9.98. The van der Waals surface area contributed by atoms with Crippen LogP contribution in [0.15, 0.2) is 36.4 Å². The zero-order valence-electron chi connectivity index (χ0n) is 16.1. The van der Waals surface area contributed by atoms with Gasteiger partial charge in [0.2, 0.25) is 0 Å². The summed E-state index contributed by atoms with van der Waals surface area (Å²) in [4.78, 5) is 3.18. The van der Waals surface area contributed by atoms with Crippen LogP contribution < -0.4 is 5.73 Å². The molecule has 0 saturated heterocycles. The van der Waals surface area contributed by atoms with Crippen LogP contribution in [0.3, 0.4) is 0 Å². The van der Waals surface area contributed by atoms with Crippen molar-refractivity contribution in [3.05, 3.63) is 65.1 Å². The van der Waals surface area contributed by atoms with Crippen LogP contribution in [0.2, 0.25) is 0 Å². The first-order chi connectivity index (χ1) is 14.5. The zero-order chi connectivity index (χ0) is 20.7. The van der Waals surface area contributed by atoms with Gasteiger partial charge in [0, 0.05) is 10.9 Å². The molecule has 2 aromatic carbocycles. The van der Waals surface area contributed by atoms with Crippen LogP contribution in [0.5, 0.6) is 0 Å². The third kappa shape index (κ3) is 3.29. The maximum Gasteiger partial charge on any atom is 0.161 e. The molecule has 6 nitrogen and oxygen atoms in total. The lowest BCUT2D eigenvalue weighted by molar-refractivity contribution is 0.433. The van der Waals surface area contributed by atoms with E-state index in [-0.39, 0.29) is 5.82 Å². The third-order valence-electron chi connectivity index (χ3n) is 5.69. The Balaban J connectivity index is 1.51. The lowest BCUT2D eigenvalue weighted by Crippen LogP contribution is -2.34. The van der Waals surface area contributed by atoms with Gasteiger partial charge in [-0.1, -0.05) is 31.1 Å². The van der Waals surface area contributed by atoms with Crippen molar-refractivity contribution in [3.63, 3.8) is 0 Å². The predicted molar refractivity (Wildman–Crippen MR) is 111 cm³/mol. The number of aromatic nitrogens is 5. The molecule has 1 fully saturated rings. The number of nitrogens with one attached hydrogen (secondary N) is 2. The Morgan fingerprint density at radius 1 is 1.00 bits per heavy atom. The van der Waals surface area contributed by atoms with Gasteiger partial charge in [-0.2, -0.15) is 5.10 Å². The summed E-state index contributed by atoms with van der Waals surface area (Å²) in [6.45, 7) is 0. The van der Waals surface area contributed by atoms with Crippen molar-refractivity contribution in [2.45, 2.75) is 31.2 Å². The molecule has 0 amide bonds. The monoisotopic (exact) mass is 406 g/mol. The van der Waals surface area contributed by atoms with Crippen LogP contribution in [0.4, 0.5) is 8.78 Å². The maximum atomic E-state index is 14.7. The molecule has 8 heteroatoms. The molecule has 1 aliphatic carbocycles. The fraction of sp³-hybridized carbons (Fsp3) is 0.227. The Morgan fingerprint density at radius 3 is 2.53 bits per heavy atom. The first-order valence-corrected chi connectivity index (χ1v) is 9.85. The number of aromatic amines is 2. The number of rotatable bonds is 4. The molecule has 0 spiro atoms. The standard InChI is InChI=1S/C22H20F2N6/c23-15-6-3-13(4-7-15)5-8-18-16-11-14(12-17(24)19(16)28-27-18)20-26-21(30-29-20)22(25)9-1-2-10-22/h3-8,11-12H,1-2,9-10,25H2,(H,27,28)(H,26,29,30)/b8-5+. The van der Waals surface area contributed by atoms with Gasteiger partial charge in [-0.15, -0.1) is 10.2 Å². The fourth-order valence-corrected chi connectivity index (χ4v) is 3.97. The quantitative estimate of drug-likeness (QED) is 0.464. The van der Waals surface area contributed by atoms with Crippen molar-refractivity contribution in [3.8, 4) is 11.4 Å². The largest absolute Gasteiger partial charge is 0.323 e. The van der Waals surface area contributed by atoms with E-state index in [1.54, 1.807) is 24.3 Å². The molecular formula is C22H20F2N6. The van der Waals surface area contributed by atoms with Crippen molar-refractivity contribution >= 4 is 23.1 Å². The molecule has 4 N–H and O–H groups in total. The Morgan fingerprint density at radius 2 is 1.77 bits per heavy atom. The summed E-state index contributed by atoms with van der Waals surface area (Å²) < 4.78 is 27.8. The number of H-pyrrole nitrogens is 2. The highest BCUT2D eigenvalue weighted by Gasteiger charge is 2.34. The number of hydrogen-bond acceptors (Lipinski definition) is 4. The number of nitrogens with two attached hydrogens (primary N) is 1. The minimum absolute atomic E-state index is 0.299. The molecule has 4 aromatic rings. The van der Waals surface area contributed by atoms with Crippen molar-refractivity contribution in [2.75, 3.05) is 0 Å². The van der Waals surface area contributed by atoms with E-state index in [1.807, 2.05) is 6.07 Å². The average Bonchev–Trinajstić information content (AvgIpc) is 3.47. The van der Waals surface area contributed by atoms with Gasteiger partial charge in [0.1, 0.15) is 17.2 Å². The molecule has 2 heterocycles. The Kier molecular flexibility index (Phi) is 4.43. The average molecular weight is 406 g/mol. The number of nitrogens with zero attached hydrogens (tertiary/aromatic N) is 3. The van der Waals surface area contributed by atoms with Gasteiger partial charge >= 0.3 is 0 Å². The molecule has 0 unspecified atom stereocenters. The van der Waals surface area contributed by atoms with Crippen LogP contribution in [0.25, 0.3) is 34.4 Å². The summed E-state index contributed by atoms with van der Waals surface area (Å²) in [5.74, 6) is 0.376. The summed E-state index contributed by atoms with van der Waals surface area (Å²) >= 11 is 0. The third-order valence-corrected chi connectivity index (χ3v) is 5.69. The summed E-state index contributed by atoms with van der Waals surface area (Å²) in [5, 5.41) is 16.0. The Bertz CT molecular complexity index is 1230. The molecule has 5 rings (SSSR count). The van der Waals surface area contributed by atoms with Gasteiger partial charge in [0.15, 0.2) is 11.6 Å². The first kappa shape index (κ1) is 18.6. The van der Waals surface area contributed by atoms with Crippen molar-refractivity contribution in [1.29, 1.82) is 0 Å². The van der Waals surface area contributed by atoms with E-state index in [0.29, 0.717) is 33.8 Å². The summed E-state index contributed by atoms with van der Waals surface area (Å²) in [6, 6.07) is 9.31. The highest BCUT2D eigenvalue weighted by atomic mass is 19.1. The van der Waals surface area contributed by atoms with Crippen LogP contribution in [-0.4, -0.2) is 25.4 Å². The highest BCUT2D eigenvalue weighted by Crippen LogP contribution is 2.35. The van der Waals surface area contributed by atoms with Gasteiger partial charge in [-0.25, -0.2) is 8.78 Å². The number of halogens is 2. The Labute approximate surface area is 171 Å². The van der Waals surface area contributed by atoms with Gasteiger partial charge in [0.05, 0.1) is 11.2 Å². The van der Waals surface area contributed by atoms with Gasteiger partial charge in [-0.05, 0) is 48.7 Å². The smallest absolute Gasteiger partial charge is 0.161 e. The van der Waals surface area contributed by atoms with Gasteiger partial charge < -0.3 is 10.7 Å². The van der Waals surface area contributed by atoms with Crippen molar-refractivity contribution in [2.24, 2.45) is 5.73 Å². The van der Waals surface area contributed by atoms with E-state index < -0.39 is 11.4 Å². The summed E-state index contributed by atoms with van der Waals surface area (Å²) in [6.07, 6.45) is 7.39. The van der Waals surface area contributed by atoms with Crippen LogP contribution in [0, 0.1) is 11.6 Å². The van der Waals surface area contributed by atoms with E-state index >= 15 is 0 Å². The number of hydrogen-bond donors (Lipinski definition) is 3. The number of benzene rings is 2. The summed E-state index contributed by atoms with van der Waals surface area (Å²) in [7, 11) is 0. The second-order valence-electron chi connectivity index (χ2n) is 7.76. The minimum Gasteiger partial charge on any atom is -0.323 e. The molecule has 0 bridgehead atoms. The van der Waals surface area contributed by atoms with E-state index in [1.165, 1.54) is 18.2 Å². The zero-order valence-corrected chi connectivity index (χ0v) is 16.1. The SMILES string of the molecule is NC1(c2nnc(-c3cc(F)c4[nH]nc(/C=C/c5ccc(F)cc5)c4c3)[nH]2)CCCC1. The number of fused-ring (bicyclic) bond motifs is 1. The molecule has 1 saturated carbocycles. The van der Waals surface area contributed by atoms with Gasteiger partial charge in [-0.3, -0.25) is 5.10 Å². The maximum absolute atomic E-state index is 14.7. The van der Waals surface area contributed by atoms with Crippen LogP contribution in [0.1, 0.15) is 42.8 Å². The molecular weight excluding hydrogens is 386 g/mol. The molecule has 0 atom stereocenters. The fourth-order valence-electron chi connectivity index (χ4n) is 3.97. The summed E-state index contributed by atoms with van der Waals surface area (Å²) in [5.41, 5.74) is 8.22. The van der Waals surface area contributed by atoms with E-state index in [9.17, 15) is 8.78 Å². The van der Waals surface area contributed by atoms with E-state index in [4.69, 9.17) is 5.73 Å². The van der Waals surface area contributed by atoms with Crippen LogP contribution >= 0.6 is 0 Å². The first-order valence-electron chi connectivity index (χ1n) is 9.85. The normalized spacial score (nSPS) is 16.1. The van der Waals surface area contributed by atoms with Gasteiger partial charge in [0.25, 0.3) is 0 Å². The van der Waals surface area contributed by atoms with Crippen LogP contribution in [-0.2, 0) is 5.54 Å². The second-order valence-corrected chi connectivity index (χ2v) is 7.76. The topological polar surface area (TPSA) is 96.3 Å². The minimum atomic E-state index is -0.493.